The van der Waals surface area contributed by atoms with Gasteiger partial charge in [-0.3, -0.25) is 9.69 Å². The first-order valence-electron chi connectivity index (χ1n) is 8.76. The van der Waals surface area contributed by atoms with Crippen molar-refractivity contribution in [2.24, 2.45) is 5.92 Å². The number of carbonyl (C=O) groups is 1. The summed E-state index contributed by atoms with van der Waals surface area (Å²) in [5.74, 6) is 0.168. The quantitative estimate of drug-likeness (QED) is 0.678. The third-order valence-electron chi connectivity index (χ3n) is 5.70. The van der Waals surface area contributed by atoms with E-state index in [1.165, 1.54) is 34.8 Å². The number of fused-ring (bicyclic) bond motifs is 5. The Hall–Kier alpha value is -2.07. The number of H-pyrrole nitrogens is 1. The van der Waals surface area contributed by atoms with E-state index in [0.717, 1.165) is 25.9 Å². The minimum absolute atomic E-state index is 0.111. The highest BCUT2D eigenvalue weighted by molar-refractivity contribution is 5.85. The van der Waals surface area contributed by atoms with Gasteiger partial charge in [-0.25, -0.2) is 0 Å². The number of hydrogen-bond acceptors (Lipinski definition) is 3. The lowest BCUT2D eigenvalue weighted by molar-refractivity contribution is -0.141. The standard InChI is InChI=1S/C20H24N2O2/c1-3-13-12-22-9-8-16-15-6-4-5-7-17(15)21-20(16)18(22)10-14(13)11-19(23)24-2/h3-7,14,18,21H,8-12H2,1-2H3/b13-3-/t14-,18+/m0/s1. The second-order valence-electron chi connectivity index (χ2n) is 6.88. The summed E-state index contributed by atoms with van der Waals surface area (Å²) in [6.45, 7) is 4.12. The first-order valence-corrected chi connectivity index (χ1v) is 8.76. The van der Waals surface area contributed by atoms with E-state index < -0.39 is 0 Å². The Morgan fingerprint density at radius 1 is 1.42 bits per heavy atom. The lowest BCUT2D eigenvalue weighted by Crippen LogP contribution is -2.43. The fourth-order valence-electron chi connectivity index (χ4n) is 4.44. The number of nitrogens with zero attached hydrogens (tertiary/aromatic N) is 1. The molecule has 0 bridgehead atoms. The fourth-order valence-corrected chi connectivity index (χ4v) is 4.44. The van der Waals surface area contributed by atoms with Gasteiger partial charge in [0.1, 0.15) is 0 Å². The number of benzene rings is 1. The van der Waals surface area contributed by atoms with Crippen LogP contribution in [0.2, 0.25) is 0 Å². The molecule has 4 nitrogen and oxygen atoms in total. The number of aromatic nitrogens is 1. The Balaban J connectivity index is 1.69. The van der Waals surface area contributed by atoms with Crippen molar-refractivity contribution in [3.05, 3.63) is 47.2 Å². The molecule has 3 heterocycles. The highest BCUT2D eigenvalue weighted by Gasteiger charge is 2.38. The highest BCUT2D eigenvalue weighted by atomic mass is 16.5. The topological polar surface area (TPSA) is 45.3 Å². The van der Waals surface area contributed by atoms with Crippen LogP contribution in [0.25, 0.3) is 10.9 Å². The second-order valence-corrected chi connectivity index (χ2v) is 6.88. The number of esters is 1. The highest BCUT2D eigenvalue weighted by Crippen LogP contribution is 2.43. The molecule has 0 radical (unpaired) electrons. The molecule has 2 aliphatic heterocycles. The van der Waals surface area contributed by atoms with Crippen molar-refractivity contribution in [1.29, 1.82) is 0 Å². The van der Waals surface area contributed by atoms with E-state index in [4.69, 9.17) is 4.74 Å². The van der Waals surface area contributed by atoms with Crippen LogP contribution in [-0.4, -0.2) is 36.1 Å². The van der Waals surface area contributed by atoms with Crippen LogP contribution in [0.4, 0.5) is 0 Å². The number of allylic oxidation sites excluding steroid dienone is 1. The number of carbonyl (C=O) groups excluding carboxylic acids is 1. The smallest absolute Gasteiger partial charge is 0.306 e. The van der Waals surface area contributed by atoms with Gasteiger partial charge in [0.2, 0.25) is 0 Å². The van der Waals surface area contributed by atoms with Crippen LogP contribution in [0.3, 0.4) is 0 Å². The Kier molecular flexibility index (Phi) is 3.93. The van der Waals surface area contributed by atoms with Crippen LogP contribution >= 0.6 is 0 Å². The van der Waals surface area contributed by atoms with E-state index in [-0.39, 0.29) is 11.9 Å². The summed E-state index contributed by atoms with van der Waals surface area (Å²) < 4.78 is 4.91. The van der Waals surface area contributed by atoms with Gasteiger partial charge in [-0.05, 0) is 37.3 Å². The van der Waals surface area contributed by atoms with Crippen LogP contribution in [-0.2, 0) is 16.0 Å². The zero-order valence-corrected chi connectivity index (χ0v) is 14.3. The van der Waals surface area contributed by atoms with Crippen molar-refractivity contribution in [2.75, 3.05) is 20.2 Å². The first kappa shape index (κ1) is 15.5. The molecule has 1 N–H and O–H groups in total. The molecule has 2 aliphatic rings. The summed E-state index contributed by atoms with van der Waals surface area (Å²) in [4.78, 5) is 18.0. The van der Waals surface area contributed by atoms with E-state index >= 15 is 0 Å². The molecule has 4 heteroatoms. The molecule has 2 atom stereocenters. The zero-order valence-electron chi connectivity index (χ0n) is 14.3. The van der Waals surface area contributed by atoms with Crippen molar-refractivity contribution in [2.45, 2.75) is 32.2 Å². The van der Waals surface area contributed by atoms with Crippen molar-refractivity contribution in [1.82, 2.24) is 9.88 Å². The number of hydrogen-bond donors (Lipinski definition) is 1. The summed E-state index contributed by atoms with van der Waals surface area (Å²) >= 11 is 0. The maximum atomic E-state index is 11.8. The SMILES string of the molecule is C/C=C1/CN2CCc3c([nH]c4ccccc34)[C@H]2C[C@H]1CC(=O)OC. The van der Waals surface area contributed by atoms with E-state index in [9.17, 15) is 4.79 Å². The lowest BCUT2D eigenvalue weighted by Gasteiger charge is -2.43. The predicted octanol–water partition coefficient (Wildman–Crippen LogP) is 3.60. The van der Waals surface area contributed by atoms with Gasteiger partial charge in [-0.1, -0.05) is 29.8 Å². The molecule has 1 fully saturated rings. The van der Waals surface area contributed by atoms with E-state index in [1.54, 1.807) is 0 Å². The van der Waals surface area contributed by atoms with Crippen molar-refractivity contribution >= 4 is 16.9 Å². The lowest BCUT2D eigenvalue weighted by atomic mass is 9.80. The van der Waals surface area contributed by atoms with E-state index in [0.29, 0.717) is 12.5 Å². The molecule has 4 rings (SSSR count). The van der Waals surface area contributed by atoms with Crippen LogP contribution in [0, 0.1) is 5.92 Å². The largest absolute Gasteiger partial charge is 0.469 e. The van der Waals surface area contributed by atoms with Gasteiger partial charge in [0.15, 0.2) is 0 Å². The van der Waals surface area contributed by atoms with Crippen molar-refractivity contribution in [3.63, 3.8) is 0 Å². The molecule has 0 aliphatic carbocycles. The van der Waals surface area contributed by atoms with E-state index in [2.05, 4.69) is 47.1 Å². The normalized spacial score (nSPS) is 25.5. The third-order valence-corrected chi connectivity index (χ3v) is 5.70. The number of methoxy groups -OCH3 is 1. The monoisotopic (exact) mass is 324 g/mol. The summed E-state index contributed by atoms with van der Waals surface area (Å²) in [7, 11) is 1.48. The van der Waals surface area contributed by atoms with Gasteiger partial charge in [0.25, 0.3) is 0 Å². The van der Waals surface area contributed by atoms with Gasteiger partial charge in [-0.2, -0.15) is 0 Å². The molecule has 0 unspecified atom stereocenters. The van der Waals surface area contributed by atoms with Gasteiger partial charge in [0.05, 0.1) is 19.6 Å². The van der Waals surface area contributed by atoms with Crippen molar-refractivity contribution < 1.29 is 9.53 Å². The third kappa shape index (κ3) is 2.46. The fraction of sp³-hybridized carbons (Fsp3) is 0.450. The number of ether oxygens (including phenoxy) is 1. The Bertz CT molecular complexity index is 805. The molecule has 0 saturated carbocycles. The average molecular weight is 324 g/mol. The maximum absolute atomic E-state index is 11.8. The maximum Gasteiger partial charge on any atom is 0.306 e. The predicted molar refractivity (Wildman–Crippen MR) is 94.8 cm³/mol. The average Bonchev–Trinajstić information content (AvgIpc) is 3.00. The minimum Gasteiger partial charge on any atom is -0.469 e. The molecule has 0 spiro atoms. The Labute approximate surface area is 142 Å². The number of rotatable bonds is 2. The van der Waals surface area contributed by atoms with Crippen LogP contribution < -0.4 is 0 Å². The molecular weight excluding hydrogens is 300 g/mol. The molecule has 1 aromatic heterocycles. The number of nitrogens with one attached hydrogen (secondary N) is 1. The van der Waals surface area contributed by atoms with Gasteiger partial charge in [0, 0.05) is 29.7 Å². The van der Waals surface area contributed by atoms with Crippen LogP contribution in [0.15, 0.2) is 35.9 Å². The summed E-state index contributed by atoms with van der Waals surface area (Å²) in [5.41, 5.74) is 5.42. The van der Waals surface area contributed by atoms with E-state index in [1.807, 2.05) is 0 Å². The van der Waals surface area contributed by atoms with Gasteiger partial charge in [-0.15, -0.1) is 0 Å². The second kappa shape index (κ2) is 6.10. The zero-order chi connectivity index (χ0) is 16.7. The van der Waals surface area contributed by atoms with Gasteiger partial charge >= 0.3 is 5.97 Å². The Morgan fingerprint density at radius 3 is 3.04 bits per heavy atom. The van der Waals surface area contributed by atoms with Crippen LogP contribution in [0.1, 0.15) is 37.1 Å². The molecule has 1 aromatic carbocycles. The molecule has 1 saturated heterocycles. The number of para-hydroxylation sites is 1. The van der Waals surface area contributed by atoms with Gasteiger partial charge < -0.3 is 9.72 Å². The molecular formula is C20H24N2O2. The molecule has 0 amide bonds. The molecule has 126 valence electrons. The summed E-state index contributed by atoms with van der Waals surface area (Å²) in [5, 5.41) is 1.36. The minimum atomic E-state index is -0.111. The van der Waals surface area contributed by atoms with Crippen LogP contribution in [0.5, 0.6) is 0 Å². The summed E-state index contributed by atoms with van der Waals surface area (Å²) in [6.07, 6.45) is 4.74. The number of piperidine rings is 1. The number of aromatic amines is 1. The first-order chi connectivity index (χ1) is 11.7. The van der Waals surface area contributed by atoms with Crippen molar-refractivity contribution in [3.8, 4) is 0 Å². The summed E-state index contributed by atoms with van der Waals surface area (Å²) in [6, 6.07) is 8.94. The Morgan fingerprint density at radius 2 is 2.25 bits per heavy atom. The molecule has 2 aromatic rings. The molecule has 24 heavy (non-hydrogen) atoms.